The largest absolute Gasteiger partial charge is 0.368 e. The Kier molecular flexibility index (Phi) is 23.5. The van der Waals surface area contributed by atoms with Crippen LogP contribution in [0.15, 0.2) is 0 Å². The summed E-state index contributed by atoms with van der Waals surface area (Å²) in [6.45, 7) is 2.28. The maximum absolute atomic E-state index is 11.5. The minimum Gasteiger partial charge on any atom is -0.368 e. The van der Waals surface area contributed by atoms with Gasteiger partial charge >= 0.3 is 0 Å². The first-order valence-electron chi connectivity index (χ1n) is 13.0. The SMILES string of the molecule is CCCCCCCCCCCCCCCCCCCCCCC(=O)CCC(O)O. The van der Waals surface area contributed by atoms with Crippen molar-refractivity contribution in [1.29, 1.82) is 0 Å². The predicted molar refractivity (Wildman–Crippen MR) is 125 cm³/mol. The van der Waals surface area contributed by atoms with Crippen molar-refractivity contribution in [1.82, 2.24) is 0 Å². The maximum atomic E-state index is 11.5. The highest BCUT2D eigenvalue weighted by atomic mass is 16.5. The zero-order chi connectivity index (χ0) is 21.4. The molecule has 0 radical (unpaired) electrons. The first-order valence-corrected chi connectivity index (χ1v) is 13.0. The molecule has 0 spiro atoms. The number of aliphatic hydroxyl groups is 2. The molecule has 0 rings (SSSR count). The molecule has 0 aromatic heterocycles. The fourth-order valence-corrected chi connectivity index (χ4v) is 3.99. The second-order valence-electron chi connectivity index (χ2n) is 9.03. The van der Waals surface area contributed by atoms with Gasteiger partial charge in [0.05, 0.1) is 0 Å². The van der Waals surface area contributed by atoms with Crippen LogP contribution in [-0.4, -0.2) is 22.3 Å². The second-order valence-corrected chi connectivity index (χ2v) is 9.03. The van der Waals surface area contributed by atoms with E-state index in [1.807, 2.05) is 0 Å². The summed E-state index contributed by atoms with van der Waals surface area (Å²) in [5.74, 6) is 0.167. The van der Waals surface area contributed by atoms with Gasteiger partial charge < -0.3 is 10.2 Å². The van der Waals surface area contributed by atoms with E-state index in [0.29, 0.717) is 12.8 Å². The lowest BCUT2D eigenvalue weighted by Crippen LogP contribution is -2.08. The first kappa shape index (κ1) is 28.6. The van der Waals surface area contributed by atoms with E-state index >= 15 is 0 Å². The minimum atomic E-state index is -1.34. The molecule has 0 unspecified atom stereocenters. The van der Waals surface area contributed by atoms with E-state index in [9.17, 15) is 4.79 Å². The summed E-state index contributed by atoms with van der Waals surface area (Å²) < 4.78 is 0. The summed E-state index contributed by atoms with van der Waals surface area (Å²) in [5.41, 5.74) is 0. The van der Waals surface area contributed by atoms with Crippen LogP contribution in [0.3, 0.4) is 0 Å². The van der Waals surface area contributed by atoms with Crippen molar-refractivity contribution in [2.45, 2.75) is 161 Å². The van der Waals surface area contributed by atoms with Crippen molar-refractivity contribution in [2.75, 3.05) is 0 Å². The molecule has 0 bridgehead atoms. The Morgan fingerprint density at radius 2 is 0.828 bits per heavy atom. The number of carbonyl (C=O) groups is 1. The van der Waals surface area contributed by atoms with E-state index < -0.39 is 6.29 Å². The Balaban J connectivity index is 3.07. The molecule has 0 aliphatic carbocycles. The van der Waals surface area contributed by atoms with Gasteiger partial charge in [-0.2, -0.15) is 0 Å². The van der Waals surface area contributed by atoms with Crippen molar-refractivity contribution in [3.05, 3.63) is 0 Å². The van der Waals surface area contributed by atoms with Gasteiger partial charge in [-0.25, -0.2) is 0 Å². The number of Topliss-reactive ketones (excluding diaryl/α,β-unsaturated/α-hetero) is 1. The number of unbranched alkanes of at least 4 members (excludes halogenated alkanes) is 19. The van der Waals surface area contributed by atoms with Gasteiger partial charge in [-0.1, -0.05) is 129 Å². The maximum Gasteiger partial charge on any atom is 0.151 e. The van der Waals surface area contributed by atoms with Crippen LogP contribution in [0.5, 0.6) is 0 Å². The number of carbonyl (C=O) groups excluding carboxylic acids is 1. The predicted octanol–water partition coefficient (Wildman–Crippen LogP) is 7.86. The summed E-state index contributed by atoms with van der Waals surface area (Å²) in [4.78, 5) is 11.5. The monoisotopic (exact) mass is 412 g/mol. The van der Waals surface area contributed by atoms with Gasteiger partial charge in [0.25, 0.3) is 0 Å². The summed E-state index contributed by atoms with van der Waals surface area (Å²) in [7, 11) is 0. The topological polar surface area (TPSA) is 57.5 Å². The Morgan fingerprint density at radius 1 is 0.517 bits per heavy atom. The molecular formula is C26H52O3. The molecule has 0 aliphatic rings. The highest BCUT2D eigenvalue weighted by Crippen LogP contribution is 2.15. The minimum absolute atomic E-state index is 0.167. The standard InChI is InChI=1S/C26H52O3/c1-2-3-4-5-6-7-8-9-10-11-12-13-14-15-16-17-18-19-20-21-22-25(27)23-24-26(28)29/h26,28-29H,2-24H2,1H3. The highest BCUT2D eigenvalue weighted by Gasteiger charge is 2.05. The van der Waals surface area contributed by atoms with Crippen LogP contribution in [0.2, 0.25) is 0 Å². The molecule has 0 saturated carbocycles. The van der Waals surface area contributed by atoms with Crippen LogP contribution < -0.4 is 0 Å². The summed E-state index contributed by atoms with van der Waals surface area (Å²) in [5, 5.41) is 17.5. The molecule has 3 nitrogen and oxygen atoms in total. The van der Waals surface area contributed by atoms with Gasteiger partial charge in [0.2, 0.25) is 0 Å². The molecule has 0 atom stereocenters. The van der Waals surface area contributed by atoms with Crippen molar-refractivity contribution >= 4 is 5.78 Å². The van der Waals surface area contributed by atoms with Crippen molar-refractivity contribution < 1.29 is 15.0 Å². The fraction of sp³-hybridized carbons (Fsp3) is 0.962. The Labute approximate surface area is 182 Å². The van der Waals surface area contributed by atoms with E-state index in [0.717, 1.165) is 12.8 Å². The van der Waals surface area contributed by atoms with Crippen LogP contribution in [-0.2, 0) is 4.79 Å². The first-order chi connectivity index (χ1) is 14.2. The smallest absolute Gasteiger partial charge is 0.151 e. The fourth-order valence-electron chi connectivity index (χ4n) is 3.99. The molecule has 0 saturated heterocycles. The van der Waals surface area contributed by atoms with E-state index in [-0.39, 0.29) is 12.2 Å². The van der Waals surface area contributed by atoms with Crippen molar-refractivity contribution in [3.8, 4) is 0 Å². The lowest BCUT2D eigenvalue weighted by atomic mass is 10.0. The van der Waals surface area contributed by atoms with Gasteiger partial charge in [-0.3, -0.25) is 4.79 Å². The molecule has 174 valence electrons. The molecule has 0 aliphatic heterocycles. The quantitative estimate of drug-likeness (QED) is 0.125. The third kappa shape index (κ3) is 25.6. The molecule has 29 heavy (non-hydrogen) atoms. The molecule has 0 fully saturated rings. The third-order valence-electron chi connectivity index (χ3n) is 5.99. The van der Waals surface area contributed by atoms with E-state index in [1.165, 1.54) is 116 Å². The Hall–Kier alpha value is -0.410. The van der Waals surface area contributed by atoms with Gasteiger partial charge in [0.1, 0.15) is 5.78 Å². The summed E-state index contributed by atoms with van der Waals surface area (Å²) in [6, 6.07) is 0. The van der Waals surface area contributed by atoms with Crippen LogP contribution >= 0.6 is 0 Å². The number of hydrogen-bond acceptors (Lipinski definition) is 3. The Morgan fingerprint density at radius 3 is 1.14 bits per heavy atom. The zero-order valence-electron chi connectivity index (χ0n) is 19.6. The summed E-state index contributed by atoms with van der Waals surface area (Å²) >= 11 is 0. The lowest BCUT2D eigenvalue weighted by molar-refractivity contribution is -0.121. The zero-order valence-corrected chi connectivity index (χ0v) is 19.6. The van der Waals surface area contributed by atoms with Crippen LogP contribution in [0.1, 0.15) is 155 Å². The van der Waals surface area contributed by atoms with E-state index in [4.69, 9.17) is 10.2 Å². The van der Waals surface area contributed by atoms with Crippen molar-refractivity contribution in [2.24, 2.45) is 0 Å². The summed E-state index contributed by atoms with van der Waals surface area (Å²) in [6.07, 6.45) is 27.0. The molecule has 0 aromatic rings. The molecule has 0 heterocycles. The second kappa shape index (κ2) is 23.9. The van der Waals surface area contributed by atoms with Crippen molar-refractivity contribution in [3.63, 3.8) is 0 Å². The highest BCUT2D eigenvalue weighted by molar-refractivity contribution is 5.78. The lowest BCUT2D eigenvalue weighted by Gasteiger charge is -2.04. The van der Waals surface area contributed by atoms with Gasteiger partial charge in [-0.15, -0.1) is 0 Å². The molecule has 3 heteroatoms. The Bertz CT molecular complexity index is 328. The van der Waals surface area contributed by atoms with Crippen LogP contribution in [0.4, 0.5) is 0 Å². The average molecular weight is 413 g/mol. The number of aliphatic hydroxyl groups excluding tert-OH is 1. The van der Waals surface area contributed by atoms with Gasteiger partial charge in [0.15, 0.2) is 6.29 Å². The third-order valence-corrected chi connectivity index (χ3v) is 5.99. The van der Waals surface area contributed by atoms with E-state index in [2.05, 4.69) is 6.92 Å². The van der Waals surface area contributed by atoms with E-state index in [1.54, 1.807) is 0 Å². The molecular weight excluding hydrogens is 360 g/mol. The van der Waals surface area contributed by atoms with Gasteiger partial charge in [-0.05, 0) is 6.42 Å². The molecule has 0 amide bonds. The number of rotatable bonds is 24. The van der Waals surface area contributed by atoms with Gasteiger partial charge in [0, 0.05) is 19.3 Å². The van der Waals surface area contributed by atoms with Crippen LogP contribution in [0, 0.1) is 0 Å². The molecule has 2 N–H and O–H groups in total. The normalized spacial score (nSPS) is 11.4. The molecule has 0 aromatic carbocycles. The number of ketones is 1. The average Bonchev–Trinajstić information content (AvgIpc) is 2.70. The van der Waals surface area contributed by atoms with Crippen LogP contribution in [0.25, 0.3) is 0 Å². The number of hydrogen-bond donors (Lipinski definition) is 2.